The zero-order valence-corrected chi connectivity index (χ0v) is 9.33. The Morgan fingerprint density at radius 2 is 2.53 bits per heavy atom. The van der Waals surface area contributed by atoms with Crippen LogP contribution >= 0.6 is 11.3 Å². The van der Waals surface area contributed by atoms with E-state index in [2.05, 4.69) is 11.0 Å². The second kappa shape index (κ2) is 4.75. The first-order chi connectivity index (χ1) is 7.33. The molecule has 1 N–H and O–H groups in total. The molecule has 0 saturated carbocycles. The zero-order valence-electron chi connectivity index (χ0n) is 8.52. The number of likely N-dealkylation sites (tertiary alicyclic amines) is 1. The summed E-state index contributed by atoms with van der Waals surface area (Å²) in [5, 5.41) is 19.8. The summed E-state index contributed by atoms with van der Waals surface area (Å²) in [6, 6.07) is 4.40. The molecule has 1 aliphatic heterocycles. The van der Waals surface area contributed by atoms with Crippen LogP contribution in [0.1, 0.15) is 23.3 Å². The number of nitrogens with zero attached hydrogens (tertiary/aromatic N) is 2. The fraction of sp³-hybridized carbons (Fsp3) is 0.545. The lowest BCUT2D eigenvalue weighted by molar-refractivity contribution is 0.154. The van der Waals surface area contributed by atoms with Crippen LogP contribution in [0.4, 0.5) is 0 Å². The van der Waals surface area contributed by atoms with Crippen molar-refractivity contribution in [3.63, 3.8) is 0 Å². The van der Waals surface area contributed by atoms with E-state index in [0.29, 0.717) is 6.04 Å². The summed E-state index contributed by atoms with van der Waals surface area (Å²) in [6.07, 6.45) is 2.26. The van der Waals surface area contributed by atoms with Gasteiger partial charge in [-0.15, -0.1) is 11.3 Å². The normalized spacial score (nSPS) is 21.7. The molecular weight excluding hydrogens is 208 g/mol. The van der Waals surface area contributed by atoms with Gasteiger partial charge in [-0.2, -0.15) is 5.26 Å². The smallest absolute Gasteiger partial charge is 0.100 e. The zero-order chi connectivity index (χ0) is 10.7. The maximum Gasteiger partial charge on any atom is 0.100 e. The van der Waals surface area contributed by atoms with Crippen LogP contribution < -0.4 is 0 Å². The third kappa shape index (κ3) is 2.37. The topological polar surface area (TPSA) is 47.3 Å². The van der Waals surface area contributed by atoms with E-state index in [-0.39, 0.29) is 6.61 Å². The highest BCUT2D eigenvalue weighted by molar-refractivity contribution is 7.10. The van der Waals surface area contributed by atoms with E-state index in [4.69, 9.17) is 5.26 Å². The van der Waals surface area contributed by atoms with Crippen molar-refractivity contribution in [1.82, 2.24) is 4.90 Å². The Morgan fingerprint density at radius 1 is 1.67 bits per heavy atom. The molecule has 80 valence electrons. The van der Waals surface area contributed by atoms with Gasteiger partial charge in [0.2, 0.25) is 0 Å². The Morgan fingerprint density at radius 3 is 3.20 bits per heavy atom. The van der Waals surface area contributed by atoms with Crippen LogP contribution in [0.15, 0.2) is 11.4 Å². The number of hydrogen-bond donors (Lipinski definition) is 1. The lowest BCUT2D eigenvalue weighted by Crippen LogP contribution is -2.31. The van der Waals surface area contributed by atoms with Gasteiger partial charge in [-0.3, -0.25) is 4.90 Å². The van der Waals surface area contributed by atoms with Crippen LogP contribution in [-0.4, -0.2) is 29.2 Å². The van der Waals surface area contributed by atoms with Gasteiger partial charge in [-0.25, -0.2) is 0 Å². The van der Waals surface area contributed by atoms with Gasteiger partial charge in [0.05, 0.1) is 12.2 Å². The first-order valence-electron chi connectivity index (χ1n) is 5.16. The number of nitriles is 1. The van der Waals surface area contributed by atoms with Crippen LogP contribution in [0.3, 0.4) is 0 Å². The molecule has 0 aromatic carbocycles. The van der Waals surface area contributed by atoms with Gasteiger partial charge in [0.1, 0.15) is 6.07 Å². The largest absolute Gasteiger partial charge is 0.395 e. The maximum absolute atomic E-state index is 9.18. The van der Waals surface area contributed by atoms with Crippen molar-refractivity contribution >= 4 is 11.3 Å². The third-order valence-corrected chi connectivity index (χ3v) is 3.77. The van der Waals surface area contributed by atoms with Crippen LogP contribution in [0.25, 0.3) is 0 Å². The predicted molar refractivity (Wildman–Crippen MR) is 59.6 cm³/mol. The molecule has 0 radical (unpaired) electrons. The number of rotatable bonds is 3. The lowest BCUT2D eigenvalue weighted by Gasteiger charge is -2.21. The van der Waals surface area contributed by atoms with E-state index in [1.807, 2.05) is 11.4 Å². The van der Waals surface area contributed by atoms with E-state index in [1.165, 1.54) is 11.3 Å². The Kier molecular flexibility index (Phi) is 3.37. The van der Waals surface area contributed by atoms with Gasteiger partial charge >= 0.3 is 0 Å². The van der Waals surface area contributed by atoms with Crippen molar-refractivity contribution in [2.24, 2.45) is 0 Å². The van der Waals surface area contributed by atoms with E-state index >= 15 is 0 Å². The molecule has 3 nitrogen and oxygen atoms in total. The van der Waals surface area contributed by atoms with Crippen molar-refractivity contribution in [2.45, 2.75) is 25.4 Å². The molecule has 0 bridgehead atoms. The summed E-state index contributed by atoms with van der Waals surface area (Å²) in [7, 11) is 0. The Balaban J connectivity index is 1.99. The van der Waals surface area contributed by atoms with Gasteiger partial charge in [-0.1, -0.05) is 0 Å². The molecule has 0 amide bonds. The van der Waals surface area contributed by atoms with Gasteiger partial charge < -0.3 is 5.11 Å². The molecule has 1 aromatic rings. The minimum atomic E-state index is 0.247. The molecule has 4 heteroatoms. The number of hydrogen-bond acceptors (Lipinski definition) is 4. The summed E-state index contributed by atoms with van der Waals surface area (Å²) in [5.74, 6) is 0. The SMILES string of the molecule is N#Cc1csc(CN2CCC[C@H]2CO)c1. The van der Waals surface area contributed by atoms with Crippen molar-refractivity contribution in [3.05, 3.63) is 21.9 Å². The highest BCUT2D eigenvalue weighted by Gasteiger charge is 2.23. The number of thiophene rings is 1. The lowest BCUT2D eigenvalue weighted by atomic mass is 10.2. The first-order valence-corrected chi connectivity index (χ1v) is 6.04. The highest BCUT2D eigenvalue weighted by atomic mass is 32.1. The van der Waals surface area contributed by atoms with Gasteiger partial charge in [0, 0.05) is 22.8 Å². The molecule has 15 heavy (non-hydrogen) atoms. The van der Waals surface area contributed by atoms with Crippen molar-refractivity contribution in [2.75, 3.05) is 13.2 Å². The van der Waals surface area contributed by atoms with Crippen LogP contribution in [-0.2, 0) is 6.54 Å². The fourth-order valence-electron chi connectivity index (χ4n) is 2.03. The average Bonchev–Trinajstić information content (AvgIpc) is 2.87. The monoisotopic (exact) mass is 222 g/mol. The van der Waals surface area contributed by atoms with E-state index in [1.54, 1.807) is 11.3 Å². The molecule has 0 unspecified atom stereocenters. The highest BCUT2D eigenvalue weighted by Crippen LogP contribution is 2.22. The molecule has 0 aliphatic carbocycles. The summed E-state index contributed by atoms with van der Waals surface area (Å²) >= 11 is 1.63. The minimum absolute atomic E-state index is 0.247. The first kappa shape index (κ1) is 10.6. The van der Waals surface area contributed by atoms with Crippen molar-refractivity contribution < 1.29 is 5.11 Å². The molecule has 0 spiro atoms. The summed E-state index contributed by atoms with van der Waals surface area (Å²) < 4.78 is 0. The van der Waals surface area contributed by atoms with Crippen LogP contribution in [0.2, 0.25) is 0 Å². The molecule has 1 aliphatic rings. The molecule has 1 fully saturated rings. The average molecular weight is 222 g/mol. The molecular formula is C11H14N2OS. The van der Waals surface area contributed by atoms with Crippen LogP contribution in [0, 0.1) is 11.3 Å². The standard InChI is InChI=1S/C11H14N2OS/c12-5-9-4-11(15-8-9)6-13-3-1-2-10(13)7-14/h4,8,10,14H,1-3,6-7H2/t10-/m0/s1. The third-order valence-electron chi connectivity index (χ3n) is 2.85. The molecule has 1 aromatic heterocycles. The summed E-state index contributed by atoms with van der Waals surface area (Å²) in [6.45, 7) is 2.18. The Hall–Kier alpha value is -0.890. The van der Waals surface area contributed by atoms with E-state index in [0.717, 1.165) is 25.1 Å². The van der Waals surface area contributed by atoms with E-state index in [9.17, 15) is 5.11 Å². The second-order valence-corrected chi connectivity index (χ2v) is 4.86. The van der Waals surface area contributed by atoms with Gasteiger partial charge in [0.15, 0.2) is 0 Å². The summed E-state index contributed by atoms with van der Waals surface area (Å²) in [4.78, 5) is 3.51. The fourth-order valence-corrected chi connectivity index (χ4v) is 2.87. The number of aliphatic hydroxyl groups is 1. The van der Waals surface area contributed by atoms with E-state index < -0.39 is 0 Å². The molecule has 1 atom stereocenters. The van der Waals surface area contributed by atoms with Gasteiger partial charge in [-0.05, 0) is 25.5 Å². The van der Waals surface area contributed by atoms with Gasteiger partial charge in [0.25, 0.3) is 0 Å². The van der Waals surface area contributed by atoms with Crippen molar-refractivity contribution in [3.8, 4) is 6.07 Å². The molecule has 2 rings (SSSR count). The van der Waals surface area contributed by atoms with Crippen LogP contribution in [0.5, 0.6) is 0 Å². The predicted octanol–water partition coefficient (Wildman–Crippen LogP) is 1.58. The molecule has 1 saturated heterocycles. The Labute approximate surface area is 93.6 Å². The van der Waals surface area contributed by atoms with Crippen molar-refractivity contribution in [1.29, 1.82) is 5.26 Å². The minimum Gasteiger partial charge on any atom is -0.395 e. The quantitative estimate of drug-likeness (QED) is 0.844. The Bertz CT molecular complexity index is 369. The molecule has 2 heterocycles. The number of aliphatic hydroxyl groups excluding tert-OH is 1. The second-order valence-electron chi connectivity index (χ2n) is 3.86. The summed E-state index contributed by atoms with van der Waals surface area (Å²) in [5.41, 5.74) is 0.745. The maximum atomic E-state index is 9.18.